The first kappa shape index (κ1) is 21.4. The molecule has 1 heterocycles. The largest absolute Gasteiger partial charge is 1.00 e. The van der Waals surface area contributed by atoms with Crippen molar-refractivity contribution in [3.05, 3.63) is 29.8 Å². The number of unbranched alkanes of at least 4 members (excludes halogenated alkanes) is 1. The molecule has 0 bridgehead atoms. The SMILES string of the molecule is CCCCOc1ccc(C(=O)C(C)C[N+]2(C)CCCCC2)cc1.[I-]. The number of benzene rings is 1. The number of ether oxygens (including phenoxy) is 1. The summed E-state index contributed by atoms with van der Waals surface area (Å²) in [5.74, 6) is 1.19. The number of ketones is 1. The molecule has 1 aromatic rings. The summed E-state index contributed by atoms with van der Waals surface area (Å²) in [6.07, 6.45) is 6.12. The summed E-state index contributed by atoms with van der Waals surface area (Å²) in [5, 5.41) is 0. The van der Waals surface area contributed by atoms with E-state index in [2.05, 4.69) is 20.9 Å². The summed E-state index contributed by atoms with van der Waals surface area (Å²) in [6.45, 7) is 8.34. The zero-order valence-electron chi connectivity index (χ0n) is 15.4. The summed E-state index contributed by atoms with van der Waals surface area (Å²) < 4.78 is 6.71. The maximum atomic E-state index is 12.7. The Labute approximate surface area is 164 Å². The van der Waals surface area contributed by atoms with Gasteiger partial charge in [-0.15, -0.1) is 0 Å². The number of hydrogen-bond donors (Lipinski definition) is 0. The van der Waals surface area contributed by atoms with Crippen LogP contribution in [0.1, 0.15) is 56.3 Å². The average molecular weight is 445 g/mol. The Morgan fingerprint density at radius 3 is 2.38 bits per heavy atom. The Morgan fingerprint density at radius 1 is 1.17 bits per heavy atom. The minimum absolute atomic E-state index is 0. The Hall–Kier alpha value is -0.620. The van der Waals surface area contributed by atoms with Gasteiger partial charge in [0.25, 0.3) is 0 Å². The van der Waals surface area contributed by atoms with Crippen LogP contribution < -0.4 is 28.7 Å². The second-order valence-electron chi connectivity index (χ2n) is 7.30. The molecule has 4 heteroatoms. The molecular formula is C20H32INO2. The minimum Gasteiger partial charge on any atom is -1.00 e. The number of carbonyl (C=O) groups is 1. The van der Waals surface area contributed by atoms with E-state index in [1.165, 1.54) is 32.4 Å². The molecule has 3 nitrogen and oxygen atoms in total. The highest BCUT2D eigenvalue weighted by atomic mass is 127. The van der Waals surface area contributed by atoms with Gasteiger partial charge in [0.05, 0.1) is 39.2 Å². The van der Waals surface area contributed by atoms with E-state index in [9.17, 15) is 4.79 Å². The lowest BCUT2D eigenvalue weighted by Crippen LogP contribution is -3.00. The van der Waals surface area contributed by atoms with Gasteiger partial charge in [0.15, 0.2) is 5.78 Å². The molecule has 0 aliphatic carbocycles. The standard InChI is InChI=1S/C20H32NO2.HI/c1-4-5-15-23-19-11-9-18(10-12-19)20(22)17(2)16-21(3)13-7-6-8-14-21;/h9-12,17H,4-8,13-16H2,1-3H3;1H/q+1;/p-1. The lowest BCUT2D eigenvalue weighted by atomic mass is 9.96. The van der Waals surface area contributed by atoms with Crippen molar-refractivity contribution in [2.75, 3.05) is 33.3 Å². The monoisotopic (exact) mass is 445 g/mol. The predicted octanol–water partition coefficient (Wildman–Crippen LogP) is 1.32. The number of Topliss-reactive ketones (excluding diaryl/α,β-unsaturated/α-hetero) is 1. The van der Waals surface area contributed by atoms with Crippen molar-refractivity contribution in [1.82, 2.24) is 0 Å². The summed E-state index contributed by atoms with van der Waals surface area (Å²) in [7, 11) is 2.30. The molecular weight excluding hydrogens is 413 g/mol. The lowest BCUT2D eigenvalue weighted by molar-refractivity contribution is -0.915. The van der Waals surface area contributed by atoms with Crippen LogP contribution in [-0.4, -0.2) is 43.6 Å². The maximum absolute atomic E-state index is 12.7. The molecule has 1 fully saturated rings. The number of hydrogen-bond acceptors (Lipinski definition) is 2. The first-order valence-electron chi connectivity index (χ1n) is 9.15. The Kier molecular flexibility index (Phi) is 9.27. The number of carbonyl (C=O) groups excluding carboxylic acids is 1. The number of piperidine rings is 1. The molecule has 2 rings (SSSR count). The fourth-order valence-corrected chi connectivity index (χ4v) is 3.54. The fraction of sp³-hybridized carbons (Fsp3) is 0.650. The smallest absolute Gasteiger partial charge is 0.171 e. The van der Waals surface area contributed by atoms with Gasteiger partial charge in [-0.1, -0.05) is 13.3 Å². The first-order chi connectivity index (χ1) is 11.0. The van der Waals surface area contributed by atoms with Crippen molar-refractivity contribution in [3.63, 3.8) is 0 Å². The summed E-state index contributed by atoms with van der Waals surface area (Å²) in [5.41, 5.74) is 0.809. The highest BCUT2D eigenvalue weighted by Crippen LogP contribution is 2.21. The normalized spacial score (nSPS) is 17.6. The van der Waals surface area contributed by atoms with Crippen molar-refractivity contribution in [2.45, 2.75) is 46.0 Å². The number of rotatable bonds is 8. The molecule has 0 amide bonds. The Bertz CT molecular complexity index is 495. The van der Waals surface area contributed by atoms with Crippen molar-refractivity contribution < 1.29 is 38.0 Å². The van der Waals surface area contributed by atoms with E-state index in [0.717, 1.165) is 41.8 Å². The minimum atomic E-state index is 0. The van der Waals surface area contributed by atoms with Crippen molar-refractivity contribution in [1.29, 1.82) is 0 Å². The van der Waals surface area contributed by atoms with Crippen LogP contribution in [0.4, 0.5) is 0 Å². The van der Waals surface area contributed by atoms with E-state index in [1.54, 1.807) is 0 Å². The molecule has 1 aliphatic rings. The quantitative estimate of drug-likeness (QED) is 0.261. The van der Waals surface area contributed by atoms with Gasteiger partial charge in [0.2, 0.25) is 0 Å². The molecule has 0 radical (unpaired) electrons. The van der Waals surface area contributed by atoms with Gasteiger partial charge in [0.1, 0.15) is 5.75 Å². The van der Waals surface area contributed by atoms with E-state index in [-0.39, 0.29) is 35.7 Å². The zero-order valence-corrected chi connectivity index (χ0v) is 17.5. The van der Waals surface area contributed by atoms with Gasteiger partial charge in [-0.3, -0.25) is 4.79 Å². The molecule has 1 aromatic carbocycles. The van der Waals surface area contributed by atoms with E-state index in [0.29, 0.717) is 0 Å². The third-order valence-electron chi connectivity index (χ3n) is 4.96. The lowest BCUT2D eigenvalue weighted by Gasteiger charge is -2.39. The van der Waals surface area contributed by atoms with Crippen LogP contribution in [-0.2, 0) is 0 Å². The second-order valence-corrected chi connectivity index (χ2v) is 7.30. The Morgan fingerprint density at radius 2 is 1.79 bits per heavy atom. The maximum Gasteiger partial charge on any atom is 0.171 e. The summed E-state index contributed by atoms with van der Waals surface area (Å²) in [4.78, 5) is 12.7. The summed E-state index contributed by atoms with van der Waals surface area (Å²) >= 11 is 0. The number of halogens is 1. The molecule has 1 saturated heterocycles. The van der Waals surface area contributed by atoms with Crippen LogP contribution in [0.5, 0.6) is 5.75 Å². The molecule has 0 spiro atoms. The number of quaternary nitrogens is 1. The predicted molar refractivity (Wildman–Crippen MR) is 95.0 cm³/mol. The molecule has 0 N–H and O–H groups in total. The van der Waals surface area contributed by atoms with Gasteiger partial charge < -0.3 is 33.2 Å². The molecule has 136 valence electrons. The van der Waals surface area contributed by atoms with Crippen LogP contribution >= 0.6 is 0 Å². The zero-order chi connectivity index (χ0) is 16.7. The second kappa shape index (κ2) is 10.4. The topological polar surface area (TPSA) is 26.3 Å². The molecule has 0 saturated carbocycles. The van der Waals surface area contributed by atoms with Crippen molar-refractivity contribution in [2.24, 2.45) is 5.92 Å². The van der Waals surface area contributed by atoms with Crippen LogP contribution in [0.3, 0.4) is 0 Å². The van der Waals surface area contributed by atoms with Crippen LogP contribution in [0.25, 0.3) is 0 Å². The third kappa shape index (κ3) is 6.36. The van der Waals surface area contributed by atoms with Gasteiger partial charge in [-0.05, 0) is 56.9 Å². The van der Waals surface area contributed by atoms with E-state index in [4.69, 9.17) is 4.74 Å². The van der Waals surface area contributed by atoms with Crippen LogP contribution in [0.15, 0.2) is 24.3 Å². The van der Waals surface area contributed by atoms with Gasteiger partial charge in [0, 0.05) is 5.56 Å². The van der Waals surface area contributed by atoms with Gasteiger partial charge in [-0.25, -0.2) is 0 Å². The van der Waals surface area contributed by atoms with Gasteiger partial charge in [-0.2, -0.15) is 0 Å². The fourth-order valence-electron chi connectivity index (χ4n) is 3.54. The Balaban J connectivity index is 0.00000288. The van der Waals surface area contributed by atoms with E-state index < -0.39 is 0 Å². The molecule has 0 aromatic heterocycles. The number of likely N-dealkylation sites (tertiary alicyclic amines) is 1. The van der Waals surface area contributed by atoms with Crippen molar-refractivity contribution >= 4 is 5.78 Å². The van der Waals surface area contributed by atoms with Crippen LogP contribution in [0.2, 0.25) is 0 Å². The molecule has 24 heavy (non-hydrogen) atoms. The third-order valence-corrected chi connectivity index (χ3v) is 4.96. The summed E-state index contributed by atoms with van der Waals surface area (Å²) in [6, 6.07) is 7.67. The number of nitrogens with zero attached hydrogens (tertiary/aromatic N) is 1. The molecule has 1 atom stereocenters. The average Bonchev–Trinajstić information content (AvgIpc) is 2.55. The molecule has 1 unspecified atom stereocenters. The van der Waals surface area contributed by atoms with E-state index >= 15 is 0 Å². The molecule has 1 aliphatic heterocycles. The van der Waals surface area contributed by atoms with E-state index in [1.807, 2.05) is 24.3 Å². The first-order valence-corrected chi connectivity index (χ1v) is 9.15. The van der Waals surface area contributed by atoms with Crippen molar-refractivity contribution in [3.8, 4) is 5.75 Å². The highest BCUT2D eigenvalue weighted by molar-refractivity contribution is 5.97. The highest BCUT2D eigenvalue weighted by Gasteiger charge is 2.30. The van der Waals surface area contributed by atoms with Crippen LogP contribution in [0, 0.1) is 5.92 Å². The van der Waals surface area contributed by atoms with Gasteiger partial charge >= 0.3 is 0 Å².